The largest absolute Gasteiger partial charge is 0.332 e. The van der Waals surface area contributed by atoms with Gasteiger partial charge in [-0.25, -0.2) is 4.98 Å². The lowest BCUT2D eigenvalue weighted by Gasteiger charge is -2.08. The lowest BCUT2D eigenvalue weighted by molar-refractivity contribution is 1.29. The first-order valence-electron chi connectivity index (χ1n) is 6.99. The fourth-order valence-electron chi connectivity index (χ4n) is 2.67. The average Bonchev–Trinajstić information content (AvgIpc) is 2.87. The van der Waals surface area contributed by atoms with Gasteiger partial charge in [-0.05, 0) is 44.0 Å². The van der Waals surface area contributed by atoms with E-state index in [1.807, 2.05) is 30.3 Å². The Morgan fingerprint density at radius 2 is 1.62 bits per heavy atom. The highest BCUT2D eigenvalue weighted by atomic mass is 32.1. The van der Waals surface area contributed by atoms with Gasteiger partial charge in [0.05, 0.1) is 5.69 Å². The highest BCUT2D eigenvalue weighted by Crippen LogP contribution is 2.31. The van der Waals surface area contributed by atoms with Crippen LogP contribution in [0.5, 0.6) is 0 Å². The lowest BCUT2D eigenvalue weighted by atomic mass is 9.98. The molecule has 106 valence electrons. The molecular weight excluding hydrogens is 276 g/mol. The molecule has 0 saturated heterocycles. The molecule has 3 rings (SSSR count). The number of benzene rings is 2. The number of anilines is 2. The van der Waals surface area contributed by atoms with Crippen molar-refractivity contribution in [1.82, 2.24) is 4.98 Å². The van der Waals surface area contributed by atoms with Gasteiger partial charge in [0.25, 0.3) is 0 Å². The molecule has 0 fully saturated rings. The van der Waals surface area contributed by atoms with Crippen molar-refractivity contribution in [2.45, 2.75) is 20.8 Å². The molecule has 0 unspecified atom stereocenters. The van der Waals surface area contributed by atoms with Gasteiger partial charge in [-0.1, -0.05) is 35.9 Å². The highest BCUT2D eigenvalue weighted by molar-refractivity contribution is 7.14. The summed E-state index contributed by atoms with van der Waals surface area (Å²) in [6.45, 7) is 6.44. The molecule has 2 nitrogen and oxygen atoms in total. The molecule has 0 atom stereocenters. The molecule has 0 saturated carbocycles. The van der Waals surface area contributed by atoms with Crippen LogP contribution in [0.25, 0.3) is 11.3 Å². The number of hydrogen-bond acceptors (Lipinski definition) is 3. The maximum atomic E-state index is 4.73. The van der Waals surface area contributed by atoms with Crippen LogP contribution in [0.4, 0.5) is 10.8 Å². The van der Waals surface area contributed by atoms with Crippen molar-refractivity contribution in [3.8, 4) is 11.3 Å². The van der Waals surface area contributed by atoms with Crippen molar-refractivity contribution in [2.24, 2.45) is 0 Å². The molecule has 0 aliphatic heterocycles. The number of hydrogen-bond donors (Lipinski definition) is 1. The van der Waals surface area contributed by atoms with Crippen molar-refractivity contribution >= 4 is 22.2 Å². The van der Waals surface area contributed by atoms with E-state index in [1.165, 1.54) is 22.3 Å². The molecule has 2 aromatic carbocycles. The molecule has 0 aliphatic carbocycles. The van der Waals surface area contributed by atoms with Gasteiger partial charge in [0.1, 0.15) is 0 Å². The van der Waals surface area contributed by atoms with Crippen LogP contribution in [0.3, 0.4) is 0 Å². The van der Waals surface area contributed by atoms with Gasteiger partial charge >= 0.3 is 0 Å². The van der Waals surface area contributed by atoms with Crippen LogP contribution in [0.2, 0.25) is 0 Å². The van der Waals surface area contributed by atoms with Crippen LogP contribution in [0.1, 0.15) is 16.7 Å². The van der Waals surface area contributed by atoms with E-state index in [-0.39, 0.29) is 0 Å². The standard InChI is InChI=1S/C18H18N2S/c1-12-9-13(2)17(14(3)10-12)16-11-21-18(20-16)19-15-7-5-4-6-8-15/h4-11H,1-3H3,(H,19,20). The Labute approximate surface area is 129 Å². The average molecular weight is 294 g/mol. The number of aryl methyl sites for hydroxylation is 3. The third-order valence-electron chi connectivity index (χ3n) is 3.46. The minimum absolute atomic E-state index is 0.926. The first-order chi connectivity index (χ1) is 10.1. The zero-order valence-corrected chi connectivity index (χ0v) is 13.3. The van der Waals surface area contributed by atoms with Crippen molar-refractivity contribution in [2.75, 3.05) is 5.32 Å². The monoisotopic (exact) mass is 294 g/mol. The molecular formula is C18H18N2S. The van der Waals surface area contributed by atoms with E-state index in [4.69, 9.17) is 4.98 Å². The predicted molar refractivity (Wildman–Crippen MR) is 91.5 cm³/mol. The van der Waals surface area contributed by atoms with Gasteiger partial charge in [0, 0.05) is 16.6 Å². The first kappa shape index (κ1) is 13.8. The lowest BCUT2D eigenvalue weighted by Crippen LogP contribution is -1.92. The van der Waals surface area contributed by atoms with Gasteiger partial charge in [-0.2, -0.15) is 0 Å². The summed E-state index contributed by atoms with van der Waals surface area (Å²) in [5, 5.41) is 6.40. The van der Waals surface area contributed by atoms with Crippen LogP contribution >= 0.6 is 11.3 Å². The number of thiazole rings is 1. The second-order valence-corrected chi connectivity index (χ2v) is 6.16. The fraction of sp³-hybridized carbons (Fsp3) is 0.167. The molecule has 1 aromatic heterocycles. The molecule has 0 radical (unpaired) electrons. The zero-order valence-electron chi connectivity index (χ0n) is 12.5. The van der Waals surface area contributed by atoms with E-state index in [0.717, 1.165) is 16.5 Å². The molecule has 3 aromatic rings. The van der Waals surface area contributed by atoms with Crippen molar-refractivity contribution in [3.05, 3.63) is 64.5 Å². The van der Waals surface area contributed by atoms with Gasteiger partial charge in [0.2, 0.25) is 0 Å². The maximum absolute atomic E-state index is 4.73. The Morgan fingerprint density at radius 3 is 2.29 bits per heavy atom. The minimum Gasteiger partial charge on any atom is -0.332 e. The number of aromatic nitrogens is 1. The summed E-state index contributed by atoms with van der Waals surface area (Å²) in [7, 11) is 0. The van der Waals surface area contributed by atoms with Crippen LogP contribution in [0.15, 0.2) is 47.8 Å². The second kappa shape index (κ2) is 5.70. The van der Waals surface area contributed by atoms with E-state index in [0.29, 0.717) is 0 Å². The third-order valence-corrected chi connectivity index (χ3v) is 4.22. The number of para-hydroxylation sites is 1. The number of rotatable bonds is 3. The summed E-state index contributed by atoms with van der Waals surface area (Å²) >= 11 is 1.64. The number of nitrogens with one attached hydrogen (secondary N) is 1. The van der Waals surface area contributed by atoms with E-state index in [9.17, 15) is 0 Å². The first-order valence-corrected chi connectivity index (χ1v) is 7.87. The van der Waals surface area contributed by atoms with Crippen LogP contribution in [0, 0.1) is 20.8 Å². The normalized spacial score (nSPS) is 10.6. The van der Waals surface area contributed by atoms with Crippen molar-refractivity contribution in [3.63, 3.8) is 0 Å². The Hall–Kier alpha value is -2.13. The van der Waals surface area contributed by atoms with E-state index >= 15 is 0 Å². The maximum Gasteiger partial charge on any atom is 0.187 e. The highest BCUT2D eigenvalue weighted by Gasteiger charge is 2.10. The van der Waals surface area contributed by atoms with Crippen LogP contribution in [-0.4, -0.2) is 4.98 Å². The Bertz CT molecular complexity index is 737. The topological polar surface area (TPSA) is 24.9 Å². The SMILES string of the molecule is Cc1cc(C)c(-c2csc(Nc3ccccc3)n2)c(C)c1. The Morgan fingerprint density at radius 1 is 0.952 bits per heavy atom. The quantitative estimate of drug-likeness (QED) is 0.692. The molecule has 0 aliphatic rings. The third kappa shape index (κ3) is 2.98. The van der Waals surface area contributed by atoms with Gasteiger partial charge < -0.3 is 5.32 Å². The van der Waals surface area contributed by atoms with Crippen molar-refractivity contribution in [1.29, 1.82) is 0 Å². The second-order valence-electron chi connectivity index (χ2n) is 5.30. The zero-order chi connectivity index (χ0) is 14.8. The molecule has 21 heavy (non-hydrogen) atoms. The van der Waals surface area contributed by atoms with Crippen LogP contribution in [-0.2, 0) is 0 Å². The van der Waals surface area contributed by atoms with E-state index in [1.54, 1.807) is 11.3 Å². The summed E-state index contributed by atoms with van der Waals surface area (Å²) in [5.41, 5.74) is 7.22. The molecule has 3 heteroatoms. The fourth-order valence-corrected chi connectivity index (χ4v) is 3.40. The predicted octanol–water partition coefficient (Wildman–Crippen LogP) is 5.48. The smallest absolute Gasteiger partial charge is 0.187 e. The van der Waals surface area contributed by atoms with Gasteiger partial charge in [0.15, 0.2) is 5.13 Å². The molecule has 0 amide bonds. The summed E-state index contributed by atoms with van der Waals surface area (Å²) in [6, 6.07) is 14.6. The minimum atomic E-state index is 0.926. The molecule has 0 spiro atoms. The van der Waals surface area contributed by atoms with Gasteiger partial charge in [-0.15, -0.1) is 11.3 Å². The van der Waals surface area contributed by atoms with Gasteiger partial charge in [-0.3, -0.25) is 0 Å². The summed E-state index contributed by atoms with van der Waals surface area (Å²) in [6.07, 6.45) is 0. The van der Waals surface area contributed by atoms with Crippen molar-refractivity contribution < 1.29 is 0 Å². The summed E-state index contributed by atoms with van der Waals surface area (Å²) < 4.78 is 0. The molecule has 0 bridgehead atoms. The van der Waals surface area contributed by atoms with E-state index in [2.05, 4.69) is 43.6 Å². The summed E-state index contributed by atoms with van der Waals surface area (Å²) in [4.78, 5) is 4.73. The molecule has 1 N–H and O–H groups in total. The van der Waals surface area contributed by atoms with E-state index < -0.39 is 0 Å². The summed E-state index contributed by atoms with van der Waals surface area (Å²) in [5.74, 6) is 0. The Balaban J connectivity index is 1.92. The number of nitrogens with zero attached hydrogens (tertiary/aromatic N) is 1. The molecule has 1 heterocycles. The van der Waals surface area contributed by atoms with Crippen LogP contribution < -0.4 is 5.32 Å². The Kier molecular flexibility index (Phi) is 3.76.